The maximum absolute atomic E-state index is 14.1. The Kier molecular flexibility index (Phi) is 5.22. The van der Waals surface area contributed by atoms with E-state index in [1.807, 2.05) is 31.2 Å². The smallest absolute Gasteiger partial charge is 0.343 e. The number of aryl methyl sites for hydroxylation is 1. The zero-order chi connectivity index (χ0) is 18.7. The predicted octanol–water partition coefficient (Wildman–Crippen LogP) is 2.60. The SMILES string of the molecule is Cc1ccc(OCc2nc(CC(=O)N3CCC(F)(C(=O)O)C3)cs2)cc1. The van der Waals surface area contributed by atoms with E-state index in [0.717, 1.165) is 16.3 Å². The van der Waals surface area contributed by atoms with E-state index >= 15 is 0 Å². The van der Waals surface area contributed by atoms with E-state index < -0.39 is 18.2 Å². The average Bonchev–Trinajstić information content (AvgIpc) is 3.22. The van der Waals surface area contributed by atoms with E-state index in [9.17, 15) is 14.0 Å². The summed E-state index contributed by atoms with van der Waals surface area (Å²) in [6.45, 7) is 2.00. The number of carbonyl (C=O) groups excluding carboxylic acids is 1. The van der Waals surface area contributed by atoms with Gasteiger partial charge in [-0.2, -0.15) is 0 Å². The molecule has 6 nitrogen and oxygen atoms in total. The van der Waals surface area contributed by atoms with Gasteiger partial charge in [-0.15, -0.1) is 11.3 Å². The molecule has 138 valence electrons. The Morgan fingerprint density at radius 2 is 2.12 bits per heavy atom. The molecule has 1 aromatic carbocycles. The Morgan fingerprint density at radius 3 is 2.77 bits per heavy atom. The molecule has 1 unspecified atom stereocenters. The summed E-state index contributed by atoms with van der Waals surface area (Å²) >= 11 is 1.39. The molecule has 0 radical (unpaired) electrons. The summed E-state index contributed by atoms with van der Waals surface area (Å²) in [6, 6.07) is 7.68. The number of alkyl halides is 1. The molecule has 0 aliphatic carbocycles. The van der Waals surface area contributed by atoms with Gasteiger partial charge in [0.2, 0.25) is 11.6 Å². The highest BCUT2D eigenvalue weighted by atomic mass is 32.1. The number of hydrogen-bond donors (Lipinski definition) is 1. The van der Waals surface area contributed by atoms with Crippen molar-refractivity contribution in [1.82, 2.24) is 9.88 Å². The molecule has 3 rings (SSSR count). The monoisotopic (exact) mass is 378 g/mol. The third kappa shape index (κ3) is 4.19. The molecule has 1 saturated heterocycles. The number of benzene rings is 1. The van der Waals surface area contributed by atoms with Crippen LogP contribution in [0.4, 0.5) is 4.39 Å². The average molecular weight is 378 g/mol. The molecule has 0 bridgehead atoms. The molecule has 2 aromatic rings. The third-order valence-corrected chi connectivity index (χ3v) is 5.14. The van der Waals surface area contributed by atoms with Gasteiger partial charge in [-0.3, -0.25) is 4.79 Å². The van der Waals surface area contributed by atoms with Gasteiger partial charge in [0.15, 0.2) is 0 Å². The normalized spacial score (nSPS) is 19.5. The maximum Gasteiger partial charge on any atom is 0.343 e. The molecule has 1 aliphatic heterocycles. The zero-order valence-electron chi connectivity index (χ0n) is 14.3. The summed E-state index contributed by atoms with van der Waals surface area (Å²) in [5.74, 6) is -1.09. The van der Waals surface area contributed by atoms with Crippen LogP contribution in [0.5, 0.6) is 5.75 Å². The lowest BCUT2D eigenvalue weighted by atomic mass is 10.1. The first-order valence-corrected chi connectivity index (χ1v) is 9.06. The minimum atomic E-state index is -2.34. The van der Waals surface area contributed by atoms with Crippen LogP contribution < -0.4 is 4.74 Å². The number of rotatable bonds is 6. The number of carbonyl (C=O) groups is 2. The van der Waals surface area contributed by atoms with Gasteiger partial charge in [-0.25, -0.2) is 14.2 Å². The molecule has 1 N–H and O–H groups in total. The number of carboxylic acids is 1. The largest absolute Gasteiger partial charge is 0.486 e. The number of nitrogens with zero attached hydrogens (tertiary/aromatic N) is 2. The lowest BCUT2D eigenvalue weighted by Crippen LogP contribution is -2.39. The van der Waals surface area contributed by atoms with Gasteiger partial charge in [-0.05, 0) is 19.1 Å². The van der Waals surface area contributed by atoms with Crippen molar-refractivity contribution in [3.8, 4) is 5.75 Å². The van der Waals surface area contributed by atoms with Crippen molar-refractivity contribution in [1.29, 1.82) is 0 Å². The number of aliphatic carboxylic acids is 1. The van der Waals surface area contributed by atoms with E-state index in [4.69, 9.17) is 9.84 Å². The van der Waals surface area contributed by atoms with E-state index in [1.165, 1.54) is 16.2 Å². The number of hydrogen-bond acceptors (Lipinski definition) is 5. The first-order valence-electron chi connectivity index (χ1n) is 8.18. The fourth-order valence-corrected chi connectivity index (χ4v) is 3.41. The third-order valence-electron chi connectivity index (χ3n) is 4.27. The quantitative estimate of drug-likeness (QED) is 0.836. The number of likely N-dealkylation sites (tertiary alicyclic amines) is 1. The topological polar surface area (TPSA) is 79.7 Å². The number of halogens is 1. The van der Waals surface area contributed by atoms with Crippen LogP contribution in [0.3, 0.4) is 0 Å². The minimum absolute atomic E-state index is 0.0245. The number of ether oxygens (including phenoxy) is 1. The van der Waals surface area contributed by atoms with Crippen LogP contribution in [-0.2, 0) is 22.6 Å². The van der Waals surface area contributed by atoms with Crippen molar-refractivity contribution in [2.24, 2.45) is 0 Å². The lowest BCUT2D eigenvalue weighted by Gasteiger charge is -2.17. The van der Waals surface area contributed by atoms with Crippen molar-refractivity contribution in [2.75, 3.05) is 13.1 Å². The zero-order valence-corrected chi connectivity index (χ0v) is 15.1. The van der Waals surface area contributed by atoms with E-state index in [1.54, 1.807) is 5.38 Å². The van der Waals surface area contributed by atoms with E-state index in [2.05, 4.69) is 4.98 Å². The van der Waals surface area contributed by atoms with Gasteiger partial charge in [0.25, 0.3) is 0 Å². The number of amides is 1. The first-order chi connectivity index (χ1) is 12.4. The van der Waals surface area contributed by atoms with Crippen LogP contribution in [0.25, 0.3) is 0 Å². The molecule has 1 amide bonds. The Hall–Kier alpha value is -2.48. The van der Waals surface area contributed by atoms with Gasteiger partial charge in [0.05, 0.1) is 18.7 Å². The molecule has 1 atom stereocenters. The van der Waals surface area contributed by atoms with Gasteiger partial charge >= 0.3 is 5.97 Å². The van der Waals surface area contributed by atoms with Crippen molar-refractivity contribution in [2.45, 2.75) is 32.0 Å². The second-order valence-corrected chi connectivity index (χ2v) is 7.29. The van der Waals surface area contributed by atoms with Crippen LogP contribution in [0, 0.1) is 6.92 Å². The van der Waals surface area contributed by atoms with Gasteiger partial charge in [0, 0.05) is 18.3 Å². The number of aromatic nitrogens is 1. The predicted molar refractivity (Wildman–Crippen MR) is 94.0 cm³/mol. The van der Waals surface area contributed by atoms with Gasteiger partial charge in [-0.1, -0.05) is 17.7 Å². The second kappa shape index (κ2) is 7.41. The summed E-state index contributed by atoms with van der Waals surface area (Å²) in [6.07, 6.45) is -0.155. The first kappa shape index (κ1) is 18.3. The molecule has 2 heterocycles. The van der Waals surface area contributed by atoms with Crippen molar-refractivity contribution >= 4 is 23.2 Å². The van der Waals surface area contributed by atoms with Crippen LogP contribution in [0.1, 0.15) is 22.7 Å². The fourth-order valence-electron chi connectivity index (χ4n) is 2.70. The molecule has 26 heavy (non-hydrogen) atoms. The summed E-state index contributed by atoms with van der Waals surface area (Å²) in [5.41, 5.74) is -0.617. The summed E-state index contributed by atoms with van der Waals surface area (Å²) in [4.78, 5) is 28.8. The Labute approximate surface area is 154 Å². The molecule has 0 spiro atoms. The molecular weight excluding hydrogens is 359 g/mol. The van der Waals surface area contributed by atoms with Crippen molar-refractivity contribution in [3.05, 3.63) is 45.9 Å². The highest BCUT2D eigenvalue weighted by molar-refractivity contribution is 7.09. The van der Waals surface area contributed by atoms with Gasteiger partial charge in [0.1, 0.15) is 17.4 Å². The van der Waals surface area contributed by atoms with Crippen LogP contribution in [-0.4, -0.2) is 45.6 Å². The Bertz CT molecular complexity index is 808. The standard InChI is InChI=1S/C18H19FN2O4S/c1-12-2-4-14(5-3-12)25-9-15-20-13(10-26-15)8-16(22)21-7-6-18(19,11-21)17(23)24/h2-5,10H,6-9,11H2,1H3,(H,23,24). The molecule has 1 aromatic heterocycles. The summed E-state index contributed by atoms with van der Waals surface area (Å²) in [5, 5.41) is 11.4. The van der Waals surface area contributed by atoms with E-state index in [-0.39, 0.29) is 25.3 Å². The molecule has 0 saturated carbocycles. The fraction of sp³-hybridized carbons (Fsp3) is 0.389. The van der Waals surface area contributed by atoms with Crippen molar-refractivity contribution < 1.29 is 23.8 Å². The van der Waals surface area contributed by atoms with Crippen molar-refractivity contribution in [3.63, 3.8) is 0 Å². The summed E-state index contributed by atoms with van der Waals surface area (Å²) in [7, 11) is 0. The highest BCUT2D eigenvalue weighted by Gasteiger charge is 2.46. The van der Waals surface area contributed by atoms with E-state index in [0.29, 0.717) is 12.3 Å². The highest BCUT2D eigenvalue weighted by Crippen LogP contribution is 2.26. The number of thiazole rings is 1. The number of carboxylic acid groups (broad SMARTS) is 1. The maximum atomic E-state index is 14.1. The van der Waals surface area contributed by atoms with Crippen LogP contribution in [0.15, 0.2) is 29.6 Å². The Balaban J connectivity index is 1.52. The molecule has 1 fully saturated rings. The minimum Gasteiger partial charge on any atom is -0.486 e. The Morgan fingerprint density at radius 1 is 1.38 bits per heavy atom. The lowest BCUT2D eigenvalue weighted by molar-refractivity contribution is -0.150. The molecule has 8 heteroatoms. The molecule has 1 aliphatic rings. The van der Waals surface area contributed by atoms with Gasteiger partial charge < -0.3 is 14.7 Å². The summed E-state index contributed by atoms with van der Waals surface area (Å²) < 4.78 is 19.7. The van der Waals surface area contributed by atoms with Crippen LogP contribution in [0.2, 0.25) is 0 Å². The second-order valence-electron chi connectivity index (χ2n) is 6.35. The van der Waals surface area contributed by atoms with Crippen LogP contribution >= 0.6 is 11.3 Å². The molecular formula is C18H19FN2O4S.